The number of ether oxygens (including phenoxy) is 1. The number of benzene rings is 2. The van der Waals surface area contributed by atoms with E-state index in [4.69, 9.17) is 10.00 Å². The molecule has 0 N–H and O–H groups in total. The van der Waals surface area contributed by atoms with Gasteiger partial charge in [-0.1, -0.05) is 24.3 Å². The minimum atomic E-state index is -3.16. The maximum atomic E-state index is 11.8. The molecule has 0 aliphatic carbocycles. The van der Waals surface area contributed by atoms with Crippen molar-refractivity contribution in [3.05, 3.63) is 60.4 Å². The number of nitriles is 1. The Labute approximate surface area is 183 Å². The lowest BCUT2D eigenvalue weighted by atomic mass is 9.99. The fourth-order valence-electron chi connectivity index (χ4n) is 3.95. The van der Waals surface area contributed by atoms with E-state index in [9.17, 15) is 8.42 Å². The van der Waals surface area contributed by atoms with Crippen LogP contribution < -0.4 is 4.74 Å². The van der Waals surface area contributed by atoms with Gasteiger partial charge >= 0.3 is 0 Å². The number of hydrogen-bond donors (Lipinski definition) is 0. The quantitative estimate of drug-likeness (QED) is 0.581. The third-order valence-corrected chi connectivity index (χ3v) is 7.00. The summed E-state index contributed by atoms with van der Waals surface area (Å²) in [6, 6.07) is 16.6. The minimum absolute atomic E-state index is 0.0370. The molecule has 1 saturated heterocycles. The highest BCUT2D eigenvalue weighted by atomic mass is 32.2. The normalized spacial score (nSPS) is 15.6. The molecular formula is C24H25N3O3S. The Morgan fingerprint density at radius 1 is 1.13 bits per heavy atom. The summed E-state index contributed by atoms with van der Waals surface area (Å²) >= 11 is 0. The van der Waals surface area contributed by atoms with E-state index in [-0.39, 0.29) is 6.10 Å². The van der Waals surface area contributed by atoms with Crippen LogP contribution in [0.4, 0.5) is 0 Å². The highest BCUT2D eigenvalue weighted by Gasteiger charge is 2.26. The molecule has 4 rings (SSSR count). The van der Waals surface area contributed by atoms with Crippen molar-refractivity contribution >= 4 is 20.8 Å². The molecule has 1 aliphatic heterocycles. The van der Waals surface area contributed by atoms with E-state index in [2.05, 4.69) is 41.4 Å². The van der Waals surface area contributed by atoms with Crippen LogP contribution in [-0.2, 0) is 16.4 Å². The molecule has 1 aliphatic rings. The van der Waals surface area contributed by atoms with Crippen LogP contribution in [0.2, 0.25) is 0 Å². The second-order valence-electron chi connectivity index (χ2n) is 7.91. The van der Waals surface area contributed by atoms with Crippen LogP contribution in [-0.4, -0.2) is 43.2 Å². The van der Waals surface area contributed by atoms with E-state index in [0.29, 0.717) is 32.4 Å². The van der Waals surface area contributed by atoms with Gasteiger partial charge in [-0.3, -0.25) is 4.98 Å². The van der Waals surface area contributed by atoms with Crippen LogP contribution in [0.15, 0.2) is 54.9 Å². The van der Waals surface area contributed by atoms with Crippen molar-refractivity contribution in [1.82, 2.24) is 9.29 Å². The average molecular weight is 436 g/mol. The first kappa shape index (κ1) is 21.3. The van der Waals surface area contributed by atoms with Gasteiger partial charge in [-0.15, -0.1) is 0 Å². The lowest BCUT2D eigenvalue weighted by Gasteiger charge is -2.30. The summed E-state index contributed by atoms with van der Waals surface area (Å²) in [5.74, 6) is 0.770. The summed E-state index contributed by atoms with van der Waals surface area (Å²) in [6.45, 7) is 0.951. The molecule has 0 unspecified atom stereocenters. The maximum absolute atomic E-state index is 11.8. The zero-order chi connectivity index (χ0) is 21.8. The molecule has 0 saturated carbocycles. The Kier molecular flexibility index (Phi) is 6.21. The zero-order valence-electron chi connectivity index (χ0n) is 17.5. The predicted octanol–water partition coefficient (Wildman–Crippen LogP) is 4.16. The second kappa shape index (κ2) is 9.04. The molecular weight excluding hydrogens is 410 g/mol. The van der Waals surface area contributed by atoms with Crippen molar-refractivity contribution in [2.45, 2.75) is 31.8 Å². The summed E-state index contributed by atoms with van der Waals surface area (Å²) < 4.78 is 31.4. The van der Waals surface area contributed by atoms with Crippen LogP contribution in [0, 0.1) is 11.3 Å². The predicted molar refractivity (Wildman–Crippen MR) is 121 cm³/mol. The molecule has 0 atom stereocenters. The molecule has 7 heteroatoms. The molecule has 160 valence electrons. The molecule has 6 nitrogen and oxygen atoms in total. The Bertz CT molecular complexity index is 1210. The van der Waals surface area contributed by atoms with Crippen LogP contribution >= 0.6 is 0 Å². The maximum Gasteiger partial charge on any atom is 0.211 e. The first-order valence-electron chi connectivity index (χ1n) is 10.4. The van der Waals surface area contributed by atoms with Gasteiger partial charge in [-0.05, 0) is 59.5 Å². The SMILES string of the molecule is CS(=O)(=O)N1CCC(Oc2cc(-c3ccc(CCC#N)cc3)cc3ccncc23)CC1. The molecule has 0 amide bonds. The Morgan fingerprint density at radius 2 is 1.87 bits per heavy atom. The Hall–Kier alpha value is -2.95. The molecule has 1 fully saturated rings. The summed E-state index contributed by atoms with van der Waals surface area (Å²) in [4.78, 5) is 4.26. The van der Waals surface area contributed by atoms with Gasteiger partial charge in [0.2, 0.25) is 10.0 Å². The number of aromatic nitrogens is 1. The summed E-state index contributed by atoms with van der Waals surface area (Å²) in [5.41, 5.74) is 3.27. The fraction of sp³-hybridized carbons (Fsp3) is 0.333. The van der Waals surface area contributed by atoms with Crippen molar-refractivity contribution in [2.75, 3.05) is 19.3 Å². The number of nitrogens with zero attached hydrogens (tertiary/aromatic N) is 3. The molecule has 2 aromatic carbocycles. The molecule has 2 heterocycles. The number of piperidine rings is 1. The van der Waals surface area contributed by atoms with Crippen LogP contribution in [0.5, 0.6) is 5.75 Å². The average Bonchev–Trinajstić information content (AvgIpc) is 2.78. The van der Waals surface area contributed by atoms with Gasteiger partial charge < -0.3 is 4.74 Å². The lowest BCUT2D eigenvalue weighted by Crippen LogP contribution is -2.41. The van der Waals surface area contributed by atoms with E-state index in [0.717, 1.165) is 39.6 Å². The van der Waals surface area contributed by atoms with Gasteiger partial charge in [0.1, 0.15) is 11.9 Å². The van der Waals surface area contributed by atoms with Crippen molar-refractivity contribution in [1.29, 1.82) is 5.26 Å². The van der Waals surface area contributed by atoms with Gasteiger partial charge in [0, 0.05) is 37.3 Å². The number of fused-ring (bicyclic) bond motifs is 1. The highest BCUT2D eigenvalue weighted by molar-refractivity contribution is 7.88. The summed E-state index contributed by atoms with van der Waals surface area (Å²) in [5, 5.41) is 10.8. The Balaban J connectivity index is 1.59. The number of aryl methyl sites for hydroxylation is 1. The van der Waals surface area contributed by atoms with Gasteiger partial charge in [0.05, 0.1) is 12.3 Å². The van der Waals surface area contributed by atoms with Gasteiger partial charge in [-0.25, -0.2) is 12.7 Å². The summed E-state index contributed by atoms with van der Waals surface area (Å²) in [6.07, 6.45) is 7.38. The monoisotopic (exact) mass is 435 g/mol. The highest BCUT2D eigenvalue weighted by Crippen LogP contribution is 2.34. The standard InChI is InChI=1S/C24H25N3O3S/c1-31(28,29)27-13-9-22(10-14-27)30-24-16-21(15-20-8-12-26-17-23(20)24)19-6-4-18(5-7-19)3-2-11-25/h4-8,12,15-17,22H,2-3,9-10,13-14H2,1H3. The van der Waals surface area contributed by atoms with E-state index < -0.39 is 10.0 Å². The molecule has 0 radical (unpaired) electrons. The van der Waals surface area contributed by atoms with Crippen molar-refractivity contribution in [2.24, 2.45) is 0 Å². The van der Waals surface area contributed by atoms with Crippen molar-refractivity contribution in [3.8, 4) is 22.9 Å². The van der Waals surface area contributed by atoms with Crippen LogP contribution in [0.25, 0.3) is 21.9 Å². The second-order valence-corrected chi connectivity index (χ2v) is 9.89. The zero-order valence-corrected chi connectivity index (χ0v) is 18.3. The van der Waals surface area contributed by atoms with Gasteiger partial charge in [0.25, 0.3) is 0 Å². The molecule has 3 aromatic rings. The van der Waals surface area contributed by atoms with E-state index >= 15 is 0 Å². The van der Waals surface area contributed by atoms with Crippen LogP contribution in [0.1, 0.15) is 24.8 Å². The third-order valence-electron chi connectivity index (χ3n) is 5.69. The Morgan fingerprint density at radius 3 is 2.55 bits per heavy atom. The first-order valence-corrected chi connectivity index (χ1v) is 12.2. The van der Waals surface area contributed by atoms with Gasteiger partial charge in [-0.2, -0.15) is 5.26 Å². The van der Waals surface area contributed by atoms with E-state index in [1.54, 1.807) is 6.20 Å². The lowest BCUT2D eigenvalue weighted by molar-refractivity contribution is 0.137. The fourth-order valence-corrected chi connectivity index (χ4v) is 4.83. The molecule has 0 spiro atoms. The van der Waals surface area contributed by atoms with E-state index in [1.165, 1.54) is 10.6 Å². The van der Waals surface area contributed by atoms with E-state index in [1.807, 2.05) is 18.3 Å². The van der Waals surface area contributed by atoms with Crippen LogP contribution in [0.3, 0.4) is 0 Å². The number of pyridine rings is 1. The number of hydrogen-bond acceptors (Lipinski definition) is 5. The van der Waals surface area contributed by atoms with Gasteiger partial charge in [0.15, 0.2) is 0 Å². The third kappa shape index (κ3) is 5.04. The number of rotatable bonds is 6. The van der Waals surface area contributed by atoms with Crippen molar-refractivity contribution < 1.29 is 13.2 Å². The van der Waals surface area contributed by atoms with Crippen molar-refractivity contribution in [3.63, 3.8) is 0 Å². The smallest absolute Gasteiger partial charge is 0.211 e. The summed E-state index contributed by atoms with van der Waals surface area (Å²) in [7, 11) is -3.16. The molecule has 1 aromatic heterocycles. The molecule has 0 bridgehead atoms. The topological polar surface area (TPSA) is 83.3 Å². The minimum Gasteiger partial charge on any atom is -0.490 e. The first-order chi connectivity index (χ1) is 14.9. The molecule has 31 heavy (non-hydrogen) atoms. The number of sulfonamides is 1. The largest absolute Gasteiger partial charge is 0.490 e.